The molecule has 1 fully saturated rings. The number of halogens is 1. The van der Waals surface area contributed by atoms with Gasteiger partial charge in [-0.15, -0.1) is 0 Å². The maximum atomic E-state index is 14.3. The number of hydrogen-bond acceptors (Lipinski definition) is 6. The molecule has 1 aliphatic heterocycles. The summed E-state index contributed by atoms with van der Waals surface area (Å²) >= 11 is 0. The molecule has 0 amide bonds. The Morgan fingerprint density at radius 1 is 1.21 bits per heavy atom. The van der Waals surface area contributed by atoms with E-state index in [1.165, 1.54) is 36.4 Å². The van der Waals surface area contributed by atoms with Gasteiger partial charge in [0.15, 0.2) is 0 Å². The molecule has 2 aromatic rings. The van der Waals surface area contributed by atoms with Crippen LogP contribution in [0.2, 0.25) is 0 Å². The quantitative estimate of drug-likeness (QED) is 0.461. The van der Waals surface area contributed by atoms with Crippen molar-refractivity contribution in [2.24, 2.45) is 5.16 Å². The number of benzene rings is 2. The molecular formula is C20H22FNO5S. The number of rotatable bonds is 4. The van der Waals surface area contributed by atoms with Gasteiger partial charge in [-0.2, -0.15) is 0 Å². The molecule has 2 aromatic carbocycles. The smallest absolute Gasteiger partial charge is 0.206 e. The molecule has 0 spiro atoms. The van der Waals surface area contributed by atoms with E-state index in [0.717, 1.165) is 6.07 Å². The van der Waals surface area contributed by atoms with E-state index >= 15 is 0 Å². The van der Waals surface area contributed by atoms with Crippen LogP contribution >= 0.6 is 0 Å². The molecule has 0 saturated carbocycles. The largest absolute Gasteiger partial charge is 0.411 e. The zero-order valence-electron chi connectivity index (χ0n) is 15.6. The second kappa shape index (κ2) is 7.62. The van der Waals surface area contributed by atoms with Crippen LogP contribution in [0.4, 0.5) is 4.39 Å². The van der Waals surface area contributed by atoms with E-state index in [9.17, 15) is 17.9 Å². The third kappa shape index (κ3) is 3.94. The first-order chi connectivity index (χ1) is 13.2. The second-order valence-electron chi connectivity index (χ2n) is 7.06. The molecule has 28 heavy (non-hydrogen) atoms. The van der Waals surface area contributed by atoms with Crippen LogP contribution in [0, 0.1) is 5.82 Å². The van der Waals surface area contributed by atoms with Gasteiger partial charge in [-0.05, 0) is 55.3 Å². The van der Waals surface area contributed by atoms with Crippen molar-refractivity contribution in [3.63, 3.8) is 0 Å². The topological polar surface area (TPSA) is 96.2 Å². The van der Waals surface area contributed by atoms with Crippen LogP contribution < -0.4 is 0 Å². The van der Waals surface area contributed by atoms with Gasteiger partial charge in [0, 0.05) is 12.8 Å². The molecule has 0 unspecified atom stereocenters. The van der Waals surface area contributed by atoms with Crippen molar-refractivity contribution < 1.29 is 27.9 Å². The molecule has 0 radical (unpaired) electrons. The van der Waals surface area contributed by atoms with E-state index in [1.54, 1.807) is 13.8 Å². The highest BCUT2D eigenvalue weighted by molar-refractivity contribution is 7.91. The van der Waals surface area contributed by atoms with Gasteiger partial charge in [0.25, 0.3) is 0 Å². The van der Waals surface area contributed by atoms with E-state index in [1.807, 2.05) is 0 Å². The summed E-state index contributed by atoms with van der Waals surface area (Å²) in [6.45, 7) is 3.70. The Balaban J connectivity index is 2.02. The predicted molar refractivity (Wildman–Crippen MR) is 101 cm³/mol. The summed E-state index contributed by atoms with van der Waals surface area (Å²) in [5.74, 6) is -0.733. The Kier molecular flexibility index (Phi) is 5.56. The highest BCUT2D eigenvalue weighted by atomic mass is 32.2. The maximum absolute atomic E-state index is 14.3. The predicted octanol–water partition coefficient (Wildman–Crippen LogP) is 3.24. The van der Waals surface area contributed by atoms with Crippen molar-refractivity contribution in [2.45, 2.75) is 48.2 Å². The summed E-state index contributed by atoms with van der Waals surface area (Å²) < 4.78 is 45.7. The fraction of sp³-hybridized carbons (Fsp3) is 0.350. The first-order valence-corrected chi connectivity index (χ1v) is 10.3. The number of sulfone groups is 1. The number of hydrogen-bond donors (Lipinski definition) is 2. The molecule has 1 aliphatic rings. The molecule has 6 nitrogen and oxygen atoms in total. The number of aliphatic hydroxyl groups is 1. The van der Waals surface area contributed by atoms with Gasteiger partial charge in [0.1, 0.15) is 5.82 Å². The zero-order chi connectivity index (χ0) is 20.5. The average molecular weight is 407 g/mol. The normalized spacial score (nSPS) is 23.6. The van der Waals surface area contributed by atoms with Crippen molar-refractivity contribution in [1.29, 1.82) is 0 Å². The summed E-state index contributed by atoms with van der Waals surface area (Å²) in [5, 5.41) is 22.8. The zero-order valence-corrected chi connectivity index (χ0v) is 16.4. The van der Waals surface area contributed by atoms with Crippen molar-refractivity contribution >= 4 is 15.5 Å². The molecule has 0 bridgehead atoms. The van der Waals surface area contributed by atoms with Gasteiger partial charge in [0.2, 0.25) is 9.84 Å². The molecular weight excluding hydrogens is 385 g/mol. The Morgan fingerprint density at radius 3 is 2.50 bits per heavy atom. The van der Waals surface area contributed by atoms with Crippen LogP contribution in [0.5, 0.6) is 0 Å². The van der Waals surface area contributed by atoms with Crippen LogP contribution in [-0.4, -0.2) is 37.2 Å². The van der Waals surface area contributed by atoms with Crippen LogP contribution in [0.1, 0.15) is 37.8 Å². The summed E-state index contributed by atoms with van der Waals surface area (Å²) in [4.78, 5) is -0.249. The molecule has 1 saturated heterocycles. The molecule has 1 heterocycles. The van der Waals surface area contributed by atoms with Gasteiger partial charge in [0.05, 0.1) is 33.8 Å². The fourth-order valence-electron chi connectivity index (χ4n) is 3.38. The lowest BCUT2D eigenvalue weighted by atomic mass is 9.84. The first-order valence-electron chi connectivity index (χ1n) is 8.85. The fourth-order valence-corrected chi connectivity index (χ4v) is 4.70. The van der Waals surface area contributed by atoms with Gasteiger partial charge in [-0.3, -0.25) is 0 Å². The number of ether oxygens (including phenoxy) is 1. The van der Waals surface area contributed by atoms with Gasteiger partial charge >= 0.3 is 0 Å². The molecule has 2 N–H and O–H groups in total. The van der Waals surface area contributed by atoms with Gasteiger partial charge in [-0.1, -0.05) is 17.3 Å². The summed E-state index contributed by atoms with van der Waals surface area (Å²) in [5.41, 5.74) is -0.219. The minimum Gasteiger partial charge on any atom is -0.411 e. The Labute approximate surface area is 163 Å². The van der Waals surface area contributed by atoms with E-state index in [2.05, 4.69) is 5.16 Å². The van der Waals surface area contributed by atoms with Crippen molar-refractivity contribution in [2.75, 3.05) is 6.61 Å². The Morgan fingerprint density at radius 2 is 1.89 bits per heavy atom. The SMILES string of the molecule is C/C(=N\O)c1ccc(S(=O)(=O)c2cc(F)cc([C@@]3(O)CCO[C@@H](C)C3)c2)cc1. The molecule has 150 valence electrons. The summed E-state index contributed by atoms with van der Waals surface area (Å²) in [6.07, 6.45) is 0.296. The lowest BCUT2D eigenvalue weighted by Crippen LogP contribution is -2.37. The van der Waals surface area contributed by atoms with Crippen LogP contribution in [0.25, 0.3) is 0 Å². The first kappa shape index (κ1) is 20.4. The third-order valence-electron chi connectivity index (χ3n) is 4.99. The minimum atomic E-state index is -4.00. The highest BCUT2D eigenvalue weighted by Crippen LogP contribution is 2.36. The summed E-state index contributed by atoms with van der Waals surface area (Å²) in [7, 11) is -4.00. The van der Waals surface area contributed by atoms with E-state index in [-0.39, 0.29) is 34.3 Å². The van der Waals surface area contributed by atoms with Crippen molar-refractivity contribution in [1.82, 2.24) is 0 Å². The van der Waals surface area contributed by atoms with Gasteiger partial charge in [-0.25, -0.2) is 12.8 Å². The lowest BCUT2D eigenvalue weighted by Gasteiger charge is -2.36. The highest BCUT2D eigenvalue weighted by Gasteiger charge is 2.36. The average Bonchev–Trinajstić information content (AvgIpc) is 2.67. The third-order valence-corrected chi connectivity index (χ3v) is 6.74. The maximum Gasteiger partial charge on any atom is 0.206 e. The molecule has 2 atom stereocenters. The van der Waals surface area contributed by atoms with Crippen LogP contribution in [0.3, 0.4) is 0 Å². The van der Waals surface area contributed by atoms with Crippen molar-refractivity contribution in [3.8, 4) is 0 Å². The summed E-state index contributed by atoms with van der Waals surface area (Å²) in [6, 6.07) is 9.20. The van der Waals surface area contributed by atoms with Crippen LogP contribution in [-0.2, 0) is 20.2 Å². The Hall–Kier alpha value is -2.29. The van der Waals surface area contributed by atoms with Gasteiger partial charge < -0.3 is 15.1 Å². The standard InChI is InChI=1S/C20H22FNO5S/c1-13-12-20(23,7-8-27-13)16-9-17(21)11-19(10-16)28(25,26)18-5-3-15(4-6-18)14(2)22-24/h3-6,9-11,13,23-24H,7-8,12H2,1-2H3/b22-14+/t13-,20+/m0/s1. The van der Waals surface area contributed by atoms with Crippen LogP contribution in [0.15, 0.2) is 57.4 Å². The molecule has 0 aliphatic carbocycles. The lowest BCUT2D eigenvalue weighted by molar-refractivity contribution is -0.101. The monoisotopic (exact) mass is 407 g/mol. The van der Waals surface area contributed by atoms with E-state index in [4.69, 9.17) is 9.94 Å². The molecule has 0 aromatic heterocycles. The number of nitrogens with zero attached hydrogens (tertiary/aromatic N) is 1. The Bertz CT molecular complexity index is 1000. The molecule has 3 rings (SSSR count). The number of oxime groups is 1. The van der Waals surface area contributed by atoms with E-state index < -0.39 is 21.3 Å². The minimum absolute atomic E-state index is 0.0223. The van der Waals surface area contributed by atoms with E-state index in [0.29, 0.717) is 17.9 Å². The second-order valence-corrected chi connectivity index (χ2v) is 9.01. The molecule has 8 heteroatoms. The van der Waals surface area contributed by atoms with Crippen molar-refractivity contribution in [3.05, 3.63) is 59.4 Å².